The summed E-state index contributed by atoms with van der Waals surface area (Å²) in [7, 11) is 0. The standard InChI is InChI=1S/C4H5F3O2/c5-4(6,7)9-3-1-2-8-3/h3H,1-2H2. The van der Waals surface area contributed by atoms with Gasteiger partial charge in [-0.1, -0.05) is 0 Å². The van der Waals surface area contributed by atoms with Gasteiger partial charge < -0.3 is 4.74 Å². The summed E-state index contributed by atoms with van der Waals surface area (Å²) in [6.45, 7) is 0.362. The number of ether oxygens (including phenoxy) is 2. The third-order valence-electron chi connectivity index (χ3n) is 0.922. The van der Waals surface area contributed by atoms with Crippen molar-refractivity contribution in [3.63, 3.8) is 0 Å². The van der Waals surface area contributed by atoms with E-state index in [2.05, 4.69) is 9.47 Å². The molecule has 1 aliphatic heterocycles. The molecule has 0 bridgehead atoms. The van der Waals surface area contributed by atoms with Crippen molar-refractivity contribution >= 4 is 0 Å². The molecule has 0 aromatic rings. The van der Waals surface area contributed by atoms with Crippen LogP contribution in [0.25, 0.3) is 0 Å². The Labute approximate surface area is 49.6 Å². The van der Waals surface area contributed by atoms with Gasteiger partial charge in [0.15, 0.2) is 6.29 Å². The van der Waals surface area contributed by atoms with E-state index in [9.17, 15) is 13.2 Å². The van der Waals surface area contributed by atoms with Gasteiger partial charge in [-0.05, 0) is 0 Å². The van der Waals surface area contributed by atoms with Crippen LogP contribution in [-0.2, 0) is 9.47 Å². The average molecular weight is 142 g/mol. The van der Waals surface area contributed by atoms with Gasteiger partial charge in [-0.25, -0.2) is 0 Å². The summed E-state index contributed by atoms with van der Waals surface area (Å²) in [5.41, 5.74) is 0. The van der Waals surface area contributed by atoms with Crippen molar-refractivity contribution in [3.8, 4) is 0 Å². The number of hydrogen-bond acceptors (Lipinski definition) is 2. The molecule has 0 radical (unpaired) electrons. The van der Waals surface area contributed by atoms with E-state index in [1.165, 1.54) is 0 Å². The summed E-state index contributed by atoms with van der Waals surface area (Å²) >= 11 is 0. The van der Waals surface area contributed by atoms with E-state index in [-0.39, 0.29) is 0 Å². The molecule has 0 amide bonds. The Kier molecular flexibility index (Phi) is 1.63. The molecule has 1 atom stereocenters. The zero-order valence-electron chi connectivity index (χ0n) is 4.44. The Bertz CT molecular complexity index is 96.5. The lowest BCUT2D eigenvalue weighted by Crippen LogP contribution is -2.34. The van der Waals surface area contributed by atoms with Crippen molar-refractivity contribution in [2.24, 2.45) is 0 Å². The molecule has 5 heteroatoms. The summed E-state index contributed by atoms with van der Waals surface area (Å²) in [5.74, 6) is 0. The summed E-state index contributed by atoms with van der Waals surface area (Å²) in [4.78, 5) is 0. The maximum atomic E-state index is 11.2. The zero-order chi connectivity index (χ0) is 6.91. The largest absolute Gasteiger partial charge is 0.524 e. The molecule has 1 saturated heterocycles. The molecule has 54 valence electrons. The van der Waals surface area contributed by atoms with Gasteiger partial charge in [0.25, 0.3) is 0 Å². The second-order valence-corrected chi connectivity index (χ2v) is 1.65. The van der Waals surface area contributed by atoms with Crippen molar-refractivity contribution in [1.82, 2.24) is 0 Å². The van der Waals surface area contributed by atoms with Gasteiger partial charge in [0.2, 0.25) is 0 Å². The Morgan fingerprint density at radius 2 is 2.00 bits per heavy atom. The molecule has 9 heavy (non-hydrogen) atoms. The first-order valence-electron chi connectivity index (χ1n) is 2.44. The highest BCUT2D eigenvalue weighted by Gasteiger charge is 2.36. The molecule has 1 aliphatic rings. The maximum absolute atomic E-state index is 11.2. The van der Waals surface area contributed by atoms with Gasteiger partial charge in [-0.3, -0.25) is 4.74 Å². The van der Waals surface area contributed by atoms with Gasteiger partial charge >= 0.3 is 6.36 Å². The van der Waals surface area contributed by atoms with Crippen molar-refractivity contribution in [2.75, 3.05) is 6.61 Å². The molecule has 0 aromatic heterocycles. The van der Waals surface area contributed by atoms with Crippen LogP contribution in [0.15, 0.2) is 0 Å². The second kappa shape index (κ2) is 2.15. The van der Waals surface area contributed by atoms with Gasteiger partial charge in [0.05, 0.1) is 6.61 Å². The number of alkyl halides is 3. The Morgan fingerprint density at radius 3 is 2.11 bits per heavy atom. The van der Waals surface area contributed by atoms with E-state index in [0.717, 1.165) is 0 Å². The van der Waals surface area contributed by atoms with Gasteiger partial charge in [0, 0.05) is 6.42 Å². The molecule has 1 rings (SSSR count). The summed E-state index contributed by atoms with van der Waals surface area (Å²) in [5, 5.41) is 0. The maximum Gasteiger partial charge on any atom is 0.524 e. The van der Waals surface area contributed by atoms with Gasteiger partial charge in [-0.2, -0.15) is 0 Å². The Balaban J connectivity index is 2.16. The van der Waals surface area contributed by atoms with Crippen LogP contribution < -0.4 is 0 Å². The fourth-order valence-corrected chi connectivity index (χ4v) is 0.456. The molecule has 0 saturated carbocycles. The minimum Gasteiger partial charge on any atom is -0.352 e. The van der Waals surface area contributed by atoms with Crippen LogP contribution >= 0.6 is 0 Å². The highest BCUT2D eigenvalue weighted by Crippen LogP contribution is 2.24. The van der Waals surface area contributed by atoms with Gasteiger partial charge in [0.1, 0.15) is 0 Å². The van der Waals surface area contributed by atoms with Crippen LogP contribution in [0.3, 0.4) is 0 Å². The van der Waals surface area contributed by atoms with E-state index in [1.54, 1.807) is 0 Å². The van der Waals surface area contributed by atoms with E-state index in [4.69, 9.17) is 0 Å². The smallest absolute Gasteiger partial charge is 0.352 e. The SMILES string of the molecule is FC(F)(F)OC1CCO1. The lowest BCUT2D eigenvalue weighted by atomic mass is 10.3. The van der Waals surface area contributed by atoms with E-state index in [0.29, 0.717) is 13.0 Å². The lowest BCUT2D eigenvalue weighted by molar-refractivity contribution is -0.399. The van der Waals surface area contributed by atoms with Crippen LogP contribution in [-0.4, -0.2) is 19.3 Å². The first-order valence-corrected chi connectivity index (χ1v) is 2.44. The summed E-state index contributed by atoms with van der Waals surface area (Å²) < 4.78 is 41.5. The molecule has 0 aliphatic carbocycles. The molecule has 2 nitrogen and oxygen atoms in total. The van der Waals surface area contributed by atoms with Crippen LogP contribution in [0.2, 0.25) is 0 Å². The molecule has 1 fully saturated rings. The first kappa shape index (κ1) is 6.82. The number of halogens is 3. The number of hydrogen-bond donors (Lipinski definition) is 0. The molecule has 0 aromatic carbocycles. The predicted octanol–water partition coefficient (Wildman–Crippen LogP) is 1.27. The van der Waals surface area contributed by atoms with Crippen LogP contribution in [0.4, 0.5) is 13.2 Å². The topological polar surface area (TPSA) is 18.5 Å². The van der Waals surface area contributed by atoms with Crippen LogP contribution in [0, 0.1) is 0 Å². The van der Waals surface area contributed by atoms with Crippen molar-refractivity contribution in [2.45, 2.75) is 19.1 Å². The normalized spacial score (nSPS) is 27.7. The lowest BCUT2D eigenvalue weighted by Gasteiger charge is -2.26. The summed E-state index contributed by atoms with van der Waals surface area (Å²) in [6, 6.07) is 0. The minimum absolute atomic E-state index is 0.333. The molecular formula is C4H5F3O2. The Hall–Kier alpha value is -0.290. The number of rotatable bonds is 1. The average Bonchev–Trinajstić information content (AvgIpc) is 1.53. The second-order valence-electron chi connectivity index (χ2n) is 1.65. The van der Waals surface area contributed by atoms with Crippen molar-refractivity contribution in [3.05, 3.63) is 0 Å². The minimum atomic E-state index is -4.55. The third kappa shape index (κ3) is 2.19. The molecule has 0 spiro atoms. The van der Waals surface area contributed by atoms with Crippen molar-refractivity contribution < 1.29 is 22.6 Å². The van der Waals surface area contributed by atoms with Crippen LogP contribution in [0.1, 0.15) is 6.42 Å². The van der Waals surface area contributed by atoms with Crippen molar-refractivity contribution in [1.29, 1.82) is 0 Å². The van der Waals surface area contributed by atoms with E-state index in [1.807, 2.05) is 0 Å². The predicted molar refractivity (Wildman–Crippen MR) is 21.5 cm³/mol. The summed E-state index contributed by atoms with van der Waals surface area (Å²) in [6.07, 6.45) is -5.27. The van der Waals surface area contributed by atoms with Gasteiger partial charge in [-0.15, -0.1) is 13.2 Å². The molecule has 0 N–H and O–H groups in total. The fraction of sp³-hybridized carbons (Fsp3) is 1.00. The van der Waals surface area contributed by atoms with Crippen LogP contribution in [0.5, 0.6) is 0 Å². The Morgan fingerprint density at radius 1 is 1.44 bits per heavy atom. The van der Waals surface area contributed by atoms with E-state index >= 15 is 0 Å². The monoisotopic (exact) mass is 142 g/mol. The van der Waals surface area contributed by atoms with E-state index < -0.39 is 12.7 Å². The quantitative estimate of drug-likeness (QED) is 0.548. The third-order valence-corrected chi connectivity index (χ3v) is 0.922. The molecular weight excluding hydrogens is 137 g/mol. The zero-order valence-corrected chi connectivity index (χ0v) is 4.44. The highest BCUT2D eigenvalue weighted by molar-refractivity contribution is 4.54. The fourth-order valence-electron chi connectivity index (χ4n) is 0.456. The molecule has 1 unspecified atom stereocenters. The highest BCUT2D eigenvalue weighted by atomic mass is 19.4. The molecule has 1 heterocycles. The first-order chi connectivity index (χ1) is 4.08.